The summed E-state index contributed by atoms with van der Waals surface area (Å²) in [6, 6.07) is 9.82. The Morgan fingerprint density at radius 3 is 2.87 bits per heavy atom. The maximum atomic E-state index is 13.3. The molecule has 1 unspecified atom stereocenters. The lowest BCUT2D eigenvalue weighted by Crippen LogP contribution is -2.44. The highest BCUT2D eigenvalue weighted by Gasteiger charge is 2.35. The first-order valence-corrected chi connectivity index (χ1v) is 11.5. The van der Waals surface area contributed by atoms with E-state index in [1.807, 2.05) is 29.6 Å². The molecule has 2 aromatic rings. The van der Waals surface area contributed by atoms with Crippen LogP contribution in [0.2, 0.25) is 0 Å². The number of morpholine rings is 1. The molecule has 1 atom stereocenters. The van der Waals surface area contributed by atoms with Crippen molar-refractivity contribution < 1.29 is 13.9 Å². The summed E-state index contributed by atoms with van der Waals surface area (Å²) in [6.07, 6.45) is 2.65. The molecule has 2 aliphatic rings. The first kappa shape index (κ1) is 21.7. The molecule has 0 spiro atoms. The molecule has 0 N–H and O–H groups in total. The number of carbonyl (C=O) groups excluding carboxylic acids is 1. The minimum atomic E-state index is -0.121. The topological polar surface area (TPSA) is 85.3 Å². The van der Waals surface area contributed by atoms with Gasteiger partial charge in [0.05, 0.1) is 38.1 Å². The quantitative estimate of drug-likeness (QED) is 0.595. The van der Waals surface area contributed by atoms with Crippen molar-refractivity contribution in [2.24, 2.45) is 5.10 Å². The molecule has 1 amide bonds. The van der Waals surface area contributed by atoms with Crippen molar-refractivity contribution in [1.82, 2.24) is 14.8 Å². The summed E-state index contributed by atoms with van der Waals surface area (Å²) in [7, 11) is 0. The molecule has 4 rings (SSSR count). The second-order valence-corrected chi connectivity index (χ2v) is 8.62. The number of thiophene rings is 1. The molecule has 2 aliphatic heterocycles. The van der Waals surface area contributed by atoms with Crippen molar-refractivity contribution >= 4 is 23.0 Å². The monoisotopic (exact) mass is 441 g/mol. The fourth-order valence-electron chi connectivity index (χ4n) is 3.88. The van der Waals surface area contributed by atoms with Crippen LogP contribution >= 0.6 is 11.3 Å². The Labute approximate surface area is 186 Å². The predicted octanol–water partition coefficient (Wildman–Crippen LogP) is 2.57. The highest BCUT2D eigenvalue weighted by molar-refractivity contribution is 7.10. The Kier molecular flexibility index (Phi) is 7.48. The normalized spacial score (nSPS) is 19.5. The zero-order valence-electron chi connectivity index (χ0n) is 17.5. The van der Waals surface area contributed by atoms with E-state index in [-0.39, 0.29) is 18.5 Å². The summed E-state index contributed by atoms with van der Waals surface area (Å²) >= 11 is 1.63. The van der Waals surface area contributed by atoms with E-state index in [0.29, 0.717) is 25.1 Å². The first-order valence-electron chi connectivity index (χ1n) is 10.6. The summed E-state index contributed by atoms with van der Waals surface area (Å²) in [5.74, 6) is 0.644. The van der Waals surface area contributed by atoms with Gasteiger partial charge in [-0.05, 0) is 23.6 Å². The molecule has 9 heteroatoms. The first-order chi connectivity index (χ1) is 15.2. The molecule has 4 heterocycles. The molecule has 1 saturated heterocycles. The third-order valence-corrected chi connectivity index (χ3v) is 6.55. The molecular formula is C22H27N5O3S. The number of hydrogen-bond acceptors (Lipinski definition) is 8. The zero-order chi connectivity index (χ0) is 21.5. The van der Waals surface area contributed by atoms with Crippen LogP contribution in [-0.2, 0) is 9.53 Å². The summed E-state index contributed by atoms with van der Waals surface area (Å²) < 4.78 is 10.9. The number of nitriles is 1. The van der Waals surface area contributed by atoms with Crippen LogP contribution in [0.4, 0.5) is 0 Å². The Morgan fingerprint density at radius 1 is 1.29 bits per heavy atom. The van der Waals surface area contributed by atoms with Crippen LogP contribution < -0.4 is 0 Å². The number of hydrogen-bond donors (Lipinski definition) is 0. The molecular weight excluding hydrogens is 414 g/mol. The molecule has 0 radical (unpaired) electrons. The van der Waals surface area contributed by atoms with E-state index >= 15 is 0 Å². The van der Waals surface area contributed by atoms with Gasteiger partial charge in [-0.15, -0.1) is 11.3 Å². The van der Waals surface area contributed by atoms with E-state index in [0.717, 1.165) is 50.0 Å². The van der Waals surface area contributed by atoms with E-state index in [9.17, 15) is 4.79 Å². The lowest BCUT2D eigenvalue weighted by atomic mass is 10.1. The van der Waals surface area contributed by atoms with E-state index in [1.165, 1.54) is 0 Å². The number of rotatable bonds is 9. The molecule has 8 nitrogen and oxygen atoms in total. The van der Waals surface area contributed by atoms with E-state index in [4.69, 9.17) is 14.4 Å². The molecule has 31 heavy (non-hydrogen) atoms. The number of amides is 1. The van der Waals surface area contributed by atoms with Crippen LogP contribution in [0, 0.1) is 11.3 Å². The smallest absolute Gasteiger partial charge is 0.257 e. The SMILES string of the molecule is N#CCCN(CCN1CCOCC1)CC(=O)N1N=C(c2ccco2)CC1c1cccs1. The highest BCUT2D eigenvalue weighted by atomic mass is 32.1. The van der Waals surface area contributed by atoms with Gasteiger partial charge in [0.25, 0.3) is 5.91 Å². The van der Waals surface area contributed by atoms with Crippen molar-refractivity contribution in [3.05, 3.63) is 46.5 Å². The van der Waals surface area contributed by atoms with E-state index in [1.54, 1.807) is 22.6 Å². The number of carbonyl (C=O) groups is 1. The molecule has 0 saturated carbocycles. The van der Waals surface area contributed by atoms with Crippen LogP contribution in [0.1, 0.15) is 29.5 Å². The largest absolute Gasteiger partial charge is 0.463 e. The minimum Gasteiger partial charge on any atom is -0.463 e. The van der Waals surface area contributed by atoms with Crippen LogP contribution in [-0.4, -0.2) is 78.9 Å². The number of nitrogens with zero attached hydrogens (tertiary/aromatic N) is 5. The minimum absolute atomic E-state index is 0.0557. The second-order valence-electron chi connectivity index (χ2n) is 7.64. The van der Waals surface area contributed by atoms with Gasteiger partial charge in [-0.25, -0.2) is 5.01 Å². The Hall–Kier alpha value is -2.51. The van der Waals surface area contributed by atoms with Crippen molar-refractivity contribution in [3.8, 4) is 6.07 Å². The number of furan rings is 1. The fraction of sp³-hybridized carbons (Fsp3) is 0.500. The van der Waals surface area contributed by atoms with Gasteiger partial charge in [0, 0.05) is 50.4 Å². The van der Waals surface area contributed by atoms with Gasteiger partial charge < -0.3 is 9.15 Å². The highest BCUT2D eigenvalue weighted by Crippen LogP contribution is 2.35. The van der Waals surface area contributed by atoms with E-state index in [2.05, 4.69) is 21.0 Å². The second kappa shape index (κ2) is 10.7. The Balaban J connectivity index is 1.45. The van der Waals surface area contributed by atoms with Gasteiger partial charge in [-0.1, -0.05) is 6.07 Å². The third-order valence-electron chi connectivity index (χ3n) is 5.58. The van der Waals surface area contributed by atoms with Gasteiger partial charge in [0.1, 0.15) is 11.5 Å². The van der Waals surface area contributed by atoms with Crippen LogP contribution in [0.15, 0.2) is 45.4 Å². The van der Waals surface area contributed by atoms with Crippen LogP contribution in [0.5, 0.6) is 0 Å². The van der Waals surface area contributed by atoms with Gasteiger partial charge in [0.2, 0.25) is 0 Å². The van der Waals surface area contributed by atoms with Crippen molar-refractivity contribution in [2.75, 3.05) is 52.5 Å². The molecule has 164 valence electrons. The summed E-state index contributed by atoms with van der Waals surface area (Å²) in [5, 5.41) is 17.3. The lowest BCUT2D eigenvalue weighted by Gasteiger charge is -2.30. The van der Waals surface area contributed by atoms with Gasteiger partial charge in [-0.3, -0.25) is 14.6 Å². The standard InChI is InChI=1S/C22H27N5O3S/c23-6-3-7-26(9-8-25-10-13-29-14-11-25)17-22(28)27-19(21-5-2-15-31-21)16-18(24-27)20-4-1-12-30-20/h1-2,4-5,12,15,19H,3,7-11,13-14,16-17H2. The number of ether oxygens (including phenoxy) is 1. The Bertz CT molecular complexity index is 900. The number of hydrazone groups is 1. The molecule has 0 aliphatic carbocycles. The van der Waals surface area contributed by atoms with Crippen molar-refractivity contribution in [3.63, 3.8) is 0 Å². The lowest BCUT2D eigenvalue weighted by molar-refractivity contribution is -0.134. The molecule has 1 fully saturated rings. The zero-order valence-corrected chi connectivity index (χ0v) is 18.3. The summed E-state index contributed by atoms with van der Waals surface area (Å²) in [4.78, 5) is 18.8. The summed E-state index contributed by atoms with van der Waals surface area (Å²) in [5.41, 5.74) is 0.786. The fourth-order valence-corrected chi connectivity index (χ4v) is 4.70. The Morgan fingerprint density at radius 2 is 2.16 bits per heavy atom. The maximum Gasteiger partial charge on any atom is 0.257 e. The van der Waals surface area contributed by atoms with Gasteiger partial charge in [-0.2, -0.15) is 10.4 Å². The van der Waals surface area contributed by atoms with Crippen LogP contribution in [0.25, 0.3) is 0 Å². The van der Waals surface area contributed by atoms with Crippen molar-refractivity contribution in [1.29, 1.82) is 5.26 Å². The van der Waals surface area contributed by atoms with Gasteiger partial charge in [0.15, 0.2) is 0 Å². The molecule has 0 bridgehead atoms. The van der Waals surface area contributed by atoms with Crippen molar-refractivity contribution in [2.45, 2.75) is 18.9 Å². The molecule has 0 aromatic carbocycles. The van der Waals surface area contributed by atoms with Crippen LogP contribution in [0.3, 0.4) is 0 Å². The van der Waals surface area contributed by atoms with Gasteiger partial charge >= 0.3 is 0 Å². The predicted molar refractivity (Wildman–Crippen MR) is 118 cm³/mol. The molecule has 2 aromatic heterocycles. The third kappa shape index (κ3) is 5.60. The summed E-state index contributed by atoms with van der Waals surface area (Å²) in [6.45, 7) is 5.71. The van der Waals surface area contributed by atoms with E-state index < -0.39 is 0 Å². The maximum absolute atomic E-state index is 13.3. The average Bonchev–Trinajstić information content (AvgIpc) is 3.56. The average molecular weight is 442 g/mol.